The molecule has 1 aromatic rings. The quantitative estimate of drug-likeness (QED) is 0.704. The largest absolute Gasteiger partial charge is 0.396 e. The number of rotatable bonds is 8. The number of carbonyl (C=O) groups excluding carboxylic acids is 2. The van der Waals surface area contributed by atoms with Crippen LogP contribution in [-0.2, 0) is 4.79 Å². The maximum atomic E-state index is 11.8. The first-order valence-electron chi connectivity index (χ1n) is 6.65. The van der Waals surface area contributed by atoms with Crippen molar-refractivity contribution in [2.75, 3.05) is 6.61 Å². The molecule has 0 aliphatic carbocycles. The summed E-state index contributed by atoms with van der Waals surface area (Å²) in [6.07, 6.45) is 1.73. The van der Waals surface area contributed by atoms with Gasteiger partial charge >= 0.3 is 0 Å². The highest BCUT2D eigenvalue weighted by atomic mass is 16.3. The van der Waals surface area contributed by atoms with E-state index in [1.165, 1.54) is 0 Å². The summed E-state index contributed by atoms with van der Waals surface area (Å²) in [7, 11) is 0. The Balaban J connectivity index is 2.36. The van der Waals surface area contributed by atoms with Gasteiger partial charge in [0.1, 0.15) is 0 Å². The van der Waals surface area contributed by atoms with Crippen LogP contribution in [-0.4, -0.2) is 29.4 Å². The van der Waals surface area contributed by atoms with Gasteiger partial charge in [-0.1, -0.05) is 37.3 Å². The number of amides is 1. The lowest BCUT2D eigenvalue weighted by molar-refractivity contribution is -0.121. The van der Waals surface area contributed by atoms with E-state index in [0.29, 0.717) is 12.0 Å². The molecule has 2 N–H and O–H groups in total. The molecule has 1 amide bonds. The van der Waals surface area contributed by atoms with E-state index in [-0.39, 0.29) is 37.2 Å². The number of ketones is 1. The Bertz CT molecular complexity index is 403. The maximum absolute atomic E-state index is 11.8. The zero-order valence-electron chi connectivity index (χ0n) is 11.3. The van der Waals surface area contributed by atoms with E-state index < -0.39 is 0 Å². The predicted octanol–water partition coefficient (Wildman–Crippen LogP) is 1.93. The Kier molecular flexibility index (Phi) is 6.82. The molecule has 1 unspecified atom stereocenters. The third-order valence-electron chi connectivity index (χ3n) is 3.01. The molecule has 0 aliphatic rings. The third kappa shape index (κ3) is 5.66. The summed E-state index contributed by atoms with van der Waals surface area (Å²) in [4.78, 5) is 23.5. The van der Waals surface area contributed by atoms with Crippen LogP contribution in [0.25, 0.3) is 0 Å². The molecule has 0 bridgehead atoms. The van der Waals surface area contributed by atoms with E-state index in [2.05, 4.69) is 5.32 Å². The van der Waals surface area contributed by atoms with Gasteiger partial charge in [-0.15, -0.1) is 0 Å². The number of aliphatic hydroxyl groups is 1. The number of Topliss-reactive ketones (excluding diaryl/α,β-unsaturated/α-hetero) is 1. The first kappa shape index (κ1) is 15.4. The van der Waals surface area contributed by atoms with E-state index in [1.807, 2.05) is 25.1 Å². The van der Waals surface area contributed by atoms with Crippen LogP contribution in [0.4, 0.5) is 0 Å². The van der Waals surface area contributed by atoms with Crippen molar-refractivity contribution in [3.63, 3.8) is 0 Å². The summed E-state index contributed by atoms with van der Waals surface area (Å²) >= 11 is 0. The van der Waals surface area contributed by atoms with Crippen LogP contribution in [0.1, 0.15) is 43.0 Å². The molecular formula is C15H21NO3. The van der Waals surface area contributed by atoms with Gasteiger partial charge in [-0.3, -0.25) is 9.59 Å². The van der Waals surface area contributed by atoms with Crippen molar-refractivity contribution < 1.29 is 14.7 Å². The van der Waals surface area contributed by atoms with Crippen molar-refractivity contribution in [2.24, 2.45) is 0 Å². The number of hydrogen-bond donors (Lipinski definition) is 2. The van der Waals surface area contributed by atoms with Crippen LogP contribution in [0, 0.1) is 0 Å². The molecule has 1 atom stereocenters. The second kappa shape index (κ2) is 8.43. The number of nitrogens with one attached hydrogen (secondary N) is 1. The van der Waals surface area contributed by atoms with Crippen LogP contribution < -0.4 is 5.32 Å². The zero-order chi connectivity index (χ0) is 14.1. The monoisotopic (exact) mass is 263 g/mol. The average Bonchev–Trinajstić information content (AvgIpc) is 2.45. The molecule has 104 valence electrons. The van der Waals surface area contributed by atoms with Gasteiger partial charge in [0, 0.05) is 31.1 Å². The second-order valence-corrected chi connectivity index (χ2v) is 4.47. The van der Waals surface area contributed by atoms with Crippen molar-refractivity contribution in [1.82, 2.24) is 5.32 Å². The Morgan fingerprint density at radius 2 is 1.89 bits per heavy atom. The van der Waals surface area contributed by atoms with Gasteiger partial charge in [-0.05, 0) is 12.8 Å². The van der Waals surface area contributed by atoms with Gasteiger partial charge in [0.2, 0.25) is 5.91 Å². The lowest BCUT2D eigenvalue weighted by Crippen LogP contribution is -2.35. The van der Waals surface area contributed by atoms with E-state index in [9.17, 15) is 9.59 Å². The second-order valence-electron chi connectivity index (χ2n) is 4.47. The van der Waals surface area contributed by atoms with E-state index in [4.69, 9.17) is 5.11 Å². The van der Waals surface area contributed by atoms with Crippen LogP contribution in [0.15, 0.2) is 30.3 Å². The molecular weight excluding hydrogens is 242 g/mol. The number of benzene rings is 1. The molecule has 0 fully saturated rings. The maximum Gasteiger partial charge on any atom is 0.220 e. The lowest BCUT2D eigenvalue weighted by atomic mass is 10.1. The molecule has 1 rings (SSSR count). The molecule has 19 heavy (non-hydrogen) atoms. The Labute approximate surface area is 113 Å². The van der Waals surface area contributed by atoms with Crippen LogP contribution in [0.3, 0.4) is 0 Å². The van der Waals surface area contributed by atoms with Crippen molar-refractivity contribution >= 4 is 11.7 Å². The first-order valence-corrected chi connectivity index (χ1v) is 6.65. The highest BCUT2D eigenvalue weighted by molar-refractivity contribution is 5.97. The summed E-state index contributed by atoms with van der Waals surface area (Å²) < 4.78 is 0. The normalized spacial score (nSPS) is 11.9. The average molecular weight is 263 g/mol. The molecule has 0 aliphatic heterocycles. The molecule has 0 radical (unpaired) electrons. The highest BCUT2D eigenvalue weighted by Gasteiger charge is 2.12. The molecule has 0 saturated heterocycles. The minimum atomic E-state index is -0.135. The first-order chi connectivity index (χ1) is 9.17. The molecule has 0 saturated carbocycles. The van der Waals surface area contributed by atoms with Crippen molar-refractivity contribution in [3.05, 3.63) is 35.9 Å². The van der Waals surface area contributed by atoms with Gasteiger partial charge in [0.05, 0.1) is 0 Å². The summed E-state index contributed by atoms with van der Waals surface area (Å²) in [5.41, 5.74) is 0.637. The number of hydrogen-bond acceptors (Lipinski definition) is 3. The highest BCUT2D eigenvalue weighted by Crippen LogP contribution is 2.05. The SMILES string of the molecule is CCC(CCO)NC(=O)CCC(=O)c1ccccc1. The molecule has 4 heteroatoms. The van der Waals surface area contributed by atoms with E-state index >= 15 is 0 Å². The standard InChI is InChI=1S/C15H21NO3/c1-2-13(10-11-17)16-15(19)9-8-14(18)12-6-4-3-5-7-12/h3-7,13,17H,2,8-11H2,1H3,(H,16,19). The minimum Gasteiger partial charge on any atom is -0.396 e. The minimum absolute atomic E-state index is 0.00988. The van der Waals surface area contributed by atoms with Gasteiger partial charge in [-0.25, -0.2) is 0 Å². The summed E-state index contributed by atoms with van der Waals surface area (Å²) in [6, 6.07) is 8.96. The molecule has 1 aromatic carbocycles. The van der Waals surface area contributed by atoms with Crippen LogP contribution >= 0.6 is 0 Å². The molecule has 0 spiro atoms. The lowest BCUT2D eigenvalue weighted by Gasteiger charge is -2.15. The fourth-order valence-corrected chi connectivity index (χ4v) is 1.83. The third-order valence-corrected chi connectivity index (χ3v) is 3.01. The van der Waals surface area contributed by atoms with Gasteiger partial charge in [-0.2, -0.15) is 0 Å². The topological polar surface area (TPSA) is 66.4 Å². The van der Waals surface area contributed by atoms with Crippen molar-refractivity contribution in [2.45, 2.75) is 38.6 Å². The van der Waals surface area contributed by atoms with Crippen molar-refractivity contribution in [1.29, 1.82) is 0 Å². The smallest absolute Gasteiger partial charge is 0.220 e. The predicted molar refractivity (Wildman–Crippen MR) is 73.9 cm³/mol. The Morgan fingerprint density at radius 1 is 1.21 bits per heavy atom. The Hall–Kier alpha value is -1.68. The Morgan fingerprint density at radius 3 is 2.47 bits per heavy atom. The van der Waals surface area contributed by atoms with Crippen LogP contribution in [0.5, 0.6) is 0 Å². The van der Waals surface area contributed by atoms with E-state index in [0.717, 1.165) is 6.42 Å². The molecule has 0 heterocycles. The molecule has 0 aromatic heterocycles. The fraction of sp³-hybridized carbons (Fsp3) is 0.467. The summed E-state index contributed by atoms with van der Waals surface area (Å²) in [5, 5.41) is 11.7. The van der Waals surface area contributed by atoms with Gasteiger partial charge in [0.25, 0.3) is 0 Å². The van der Waals surface area contributed by atoms with Gasteiger partial charge < -0.3 is 10.4 Å². The van der Waals surface area contributed by atoms with E-state index in [1.54, 1.807) is 12.1 Å². The fourth-order valence-electron chi connectivity index (χ4n) is 1.83. The zero-order valence-corrected chi connectivity index (χ0v) is 11.3. The number of carbonyl (C=O) groups is 2. The van der Waals surface area contributed by atoms with Crippen LogP contribution in [0.2, 0.25) is 0 Å². The summed E-state index contributed by atoms with van der Waals surface area (Å²) in [6.45, 7) is 2.01. The molecule has 4 nitrogen and oxygen atoms in total. The van der Waals surface area contributed by atoms with Gasteiger partial charge in [0.15, 0.2) is 5.78 Å². The summed E-state index contributed by atoms with van der Waals surface area (Å²) in [5.74, 6) is -0.157. The van der Waals surface area contributed by atoms with Crippen molar-refractivity contribution in [3.8, 4) is 0 Å². The number of aliphatic hydroxyl groups excluding tert-OH is 1.